The van der Waals surface area contributed by atoms with E-state index in [0.717, 1.165) is 0 Å². The van der Waals surface area contributed by atoms with Crippen molar-refractivity contribution in [2.75, 3.05) is 19.7 Å². The van der Waals surface area contributed by atoms with Crippen LogP contribution < -0.4 is 10.1 Å². The molecule has 0 atom stereocenters. The molecular weight excluding hydrogens is 358 g/mol. The molecule has 18 heavy (non-hydrogen) atoms. The molecule has 0 saturated carbocycles. The molecule has 102 valence electrons. The molecule has 0 unspecified atom stereocenters. The van der Waals surface area contributed by atoms with E-state index < -0.39 is 12.7 Å². The predicted octanol–water partition coefficient (Wildman–Crippen LogP) is 4.29. The lowest BCUT2D eigenvalue weighted by molar-refractivity contribution is -0.124. The third-order valence-electron chi connectivity index (χ3n) is 1.84. The Hall–Kier alpha value is -0.170. The van der Waals surface area contributed by atoms with Crippen LogP contribution >= 0.6 is 39.1 Å². The second-order valence-electron chi connectivity index (χ2n) is 3.34. The number of rotatable bonds is 5. The standard InChI is InChI=1S/C10H9BrCl2F3NO/c11-6-3-8(13)9(4-7(6)12)18-2-1-17-5-10(14,15)16/h3-4,17H,1-2,5H2. The van der Waals surface area contributed by atoms with Gasteiger partial charge in [-0.05, 0) is 22.0 Å². The van der Waals surface area contributed by atoms with Gasteiger partial charge >= 0.3 is 6.18 Å². The Bertz CT molecular complexity index is 415. The summed E-state index contributed by atoms with van der Waals surface area (Å²) in [5, 5.41) is 2.96. The van der Waals surface area contributed by atoms with E-state index in [2.05, 4.69) is 21.2 Å². The molecule has 1 rings (SSSR count). The Balaban J connectivity index is 2.38. The van der Waals surface area contributed by atoms with Crippen molar-refractivity contribution in [1.29, 1.82) is 0 Å². The highest BCUT2D eigenvalue weighted by molar-refractivity contribution is 9.10. The van der Waals surface area contributed by atoms with Crippen molar-refractivity contribution in [2.24, 2.45) is 0 Å². The van der Waals surface area contributed by atoms with Gasteiger partial charge in [0.15, 0.2) is 0 Å². The maximum absolute atomic E-state index is 11.8. The Kier molecular flexibility index (Phi) is 6.04. The molecule has 1 N–H and O–H groups in total. The van der Waals surface area contributed by atoms with Gasteiger partial charge in [0.05, 0.1) is 16.6 Å². The van der Waals surface area contributed by atoms with E-state index in [1.54, 1.807) is 6.07 Å². The molecule has 0 amide bonds. The number of hydrogen-bond donors (Lipinski definition) is 1. The fourth-order valence-electron chi connectivity index (χ4n) is 1.08. The van der Waals surface area contributed by atoms with Crippen molar-refractivity contribution in [3.8, 4) is 5.75 Å². The molecule has 0 aliphatic heterocycles. The van der Waals surface area contributed by atoms with Gasteiger partial charge in [-0.2, -0.15) is 13.2 Å². The van der Waals surface area contributed by atoms with E-state index in [-0.39, 0.29) is 13.2 Å². The van der Waals surface area contributed by atoms with Gasteiger partial charge < -0.3 is 10.1 Å². The van der Waals surface area contributed by atoms with E-state index in [1.165, 1.54) is 6.07 Å². The Labute approximate surface area is 121 Å². The Morgan fingerprint density at radius 2 is 1.89 bits per heavy atom. The molecule has 8 heteroatoms. The van der Waals surface area contributed by atoms with Crippen LogP contribution in [0.3, 0.4) is 0 Å². The first kappa shape index (κ1) is 15.9. The maximum Gasteiger partial charge on any atom is 0.401 e. The van der Waals surface area contributed by atoms with Crippen LogP contribution in [0.1, 0.15) is 0 Å². The first-order chi connectivity index (χ1) is 8.29. The van der Waals surface area contributed by atoms with Crippen LogP contribution in [-0.2, 0) is 0 Å². The highest BCUT2D eigenvalue weighted by atomic mass is 79.9. The van der Waals surface area contributed by atoms with Gasteiger partial charge in [-0.3, -0.25) is 0 Å². The summed E-state index contributed by atoms with van der Waals surface area (Å²) in [4.78, 5) is 0. The minimum atomic E-state index is -4.22. The third-order valence-corrected chi connectivity index (χ3v) is 3.33. The van der Waals surface area contributed by atoms with Crippen LogP contribution in [0.5, 0.6) is 5.75 Å². The Morgan fingerprint density at radius 1 is 1.22 bits per heavy atom. The van der Waals surface area contributed by atoms with E-state index in [9.17, 15) is 13.2 Å². The van der Waals surface area contributed by atoms with E-state index >= 15 is 0 Å². The molecule has 0 bridgehead atoms. The highest BCUT2D eigenvalue weighted by Crippen LogP contribution is 2.33. The lowest BCUT2D eigenvalue weighted by atomic mass is 10.3. The van der Waals surface area contributed by atoms with E-state index in [1.807, 2.05) is 0 Å². The second kappa shape index (κ2) is 6.84. The van der Waals surface area contributed by atoms with Gasteiger partial charge in [0, 0.05) is 17.1 Å². The van der Waals surface area contributed by atoms with Crippen LogP contribution in [0, 0.1) is 0 Å². The number of hydrogen-bond acceptors (Lipinski definition) is 2. The molecule has 0 heterocycles. The van der Waals surface area contributed by atoms with Crippen molar-refractivity contribution in [2.45, 2.75) is 6.18 Å². The maximum atomic E-state index is 11.8. The third kappa shape index (κ3) is 5.65. The summed E-state index contributed by atoms with van der Waals surface area (Å²) in [7, 11) is 0. The van der Waals surface area contributed by atoms with Crippen LogP contribution in [-0.4, -0.2) is 25.9 Å². The van der Waals surface area contributed by atoms with Crippen LogP contribution in [0.15, 0.2) is 16.6 Å². The highest BCUT2D eigenvalue weighted by Gasteiger charge is 2.25. The van der Waals surface area contributed by atoms with Crippen molar-refractivity contribution >= 4 is 39.1 Å². The lowest BCUT2D eigenvalue weighted by Gasteiger charge is -2.11. The fraction of sp³-hybridized carbons (Fsp3) is 0.400. The van der Waals surface area contributed by atoms with Gasteiger partial charge in [0.1, 0.15) is 12.4 Å². The van der Waals surface area contributed by atoms with Crippen LogP contribution in [0.25, 0.3) is 0 Å². The van der Waals surface area contributed by atoms with Gasteiger partial charge in [-0.1, -0.05) is 23.2 Å². The number of alkyl halides is 3. The molecule has 0 radical (unpaired) electrons. The first-order valence-corrected chi connectivity index (χ1v) is 6.39. The van der Waals surface area contributed by atoms with Crippen molar-refractivity contribution in [1.82, 2.24) is 5.32 Å². The molecule has 1 aromatic rings. The summed E-state index contributed by atoms with van der Waals surface area (Å²) < 4.78 is 41.3. The second-order valence-corrected chi connectivity index (χ2v) is 5.01. The van der Waals surface area contributed by atoms with Crippen molar-refractivity contribution in [3.63, 3.8) is 0 Å². The SMILES string of the molecule is FC(F)(F)CNCCOc1cc(Cl)c(Br)cc1Cl. The van der Waals surface area contributed by atoms with Gasteiger partial charge in [0.2, 0.25) is 0 Å². The molecular formula is C10H9BrCl2F3NO. The van der Waals surface area contributed by atoms with Crippen LogP contribution in [0.2, 0.25) is 10.0 Å². The van der Waals surface area contributed by atoms with Crippen LogP contribution in [0.4, 0.5) is 13.2 Å². The molecule has 0 aliphatic carbocycles. The summed E-state index contributed by atoms with van der Waals surface area (Å²) in [6.07, 6.45) is -4.22. The number of ether oxygens (including phenoxy) is 1. The average Bonchev–Trinajstić information content (AvgIpc) is 2.23. The largest absolute Gasteiger partial charge is 0.491 e. The molecule has 0 aromatic heterocycles. The number of halogens is 6. The summed E-state index contributed by atoms with van der Waals surface area (Å²) in [5.74, 6) is 0.332. The van der Waals surface area contributed by atoms with Gasteiger partial charge in [-0.25, -0.2) is 0 Å². The minimum Gasteiger partial charge on any atom is -0.491 e. The summed E-state index contributed by atoms with van der Waals surface area (Å²) in [6, 6.07) is 3.06. The molecule has 0 fully saturated rings. The quantitative estimate of drug-likeness (QED) is 0.620. The smallest absolute Gasteiger partial charge is 0.401 e. The average molecular weight is 367 g/mol. The lowest BCUT2D eigenvalue weighted by Crippen LogP contribution is -2.31. The zero-order valence-electron chi connectivity index (χ0n) is 8.95. The monoisotopic (exact) mass is 365 g/mol. The predicted molar refractivity (Wildman–Crippen MR) is 68.6 cm³/mol. The number of nitrogens with one attached hydrogen (secondary N) is 1. The summed E-state index contributed by atoms with van der Waals surface area (Å²) in [5.41, 5.74) is 0. The minimum absolute atomic E-state index is 0.0590. The van der Waals surface area contributed by atoms with Gasteiger partial charge in [-0.15, -0.1) is 0 Å². The molecule has 1 aromatic carbocycles. The van der Waals surface area contributed by atoms with Gasteiger partial charge in [0.25, 0.3) is 0 Å². The zero-order chi connectivity index (χ0) is 13.8. The molecule has 2 nitrogen and oxygen atoms in total. The van der Waals surface area contributed by atoms with Crippen molar-refractivity contribution < 1.29 is 17.9 Å². The molecule has 0 aliphatic rings. The topological polar surface area (TPSA) is 21.3 Å². The zero-order valence-corrected chi connectivity index (χ0v) is 12.0. The van der Waals surface area contributed by atoms with Crippen molar-refractivity contribution in [3.05, 3.63) is 26.7 Å². The summed E-state index contributed by atoms with van der Waals surface area (Å²) >= 11 is 14.9. The Morgan fingerprint density at radius 3 is 2.50 bits per heavy atom. The molecule has 0 saturated heterocycles. The van der Waals surface area contributed by atoms with E-state index in [0.29, 0.717) is 20.3 Å². The fourth-order valence-corrected chi connectivity index (χ4v) is 1.93. The first-order valence-electron chi connectivity index (χ1n) is 4.84. The normalized spacial score (nSPS) is 11.7. The number of benzene rings is 1. The summed E-state index contributed by atoms with van der Waals surface area (Å²) in [6.45, 7) is -0.928. The van der Waals surface area contributed by atoms with E-state index in [4.69, 9.17) is 27.9 Å². The molecule has 0 spiro atoms.